The Morgan fingerprint density at radius 1 is 1.38 bits per heavy atom. The van der Waals surface area contributed by atoms with E-state index in [-0.39, 0.29) is 5.91 Å². The zero-order valence-corrected chi connectivity index (χ0v) is 13.3. The number of carboxylic acid groups (broad SMARTS) is 1. The molecule has 0 aliphatic rings. The van der Waals surface area contributed by atoms with Gasteiger partial charge in [0.1, 0.15) is 0 Å². The minimum absolute atomic E-state index is 0.110. The van der Waals surface area contributed by atoms with Crippen LogP contribution in [-0.2, 0) is 4.79 Å². The minimum atomic E-state index is -0.995. The number of aliphatic carboxylic acids is 1. The molecule has 0 aliphatic carbocycles. The van der Waals surface area contributed by atoms with E-state index in [1.54, 1.807) is 11.4 Å². The molecule has 21 heavy (non-hydrogen) atoms. The van der Waals surface area contributed by atoms with Crippen LogP contribution in [0.2, 0.25) is 0 Å². The second-order valence-corrected chi connectivity index (χ2v) is 5.49. The van der Waals surface area contributed by atoms with Gasteiger partial charge in [0, 0.05) is 22.9 Å². The Hall–Kier alpha value is -1.66. The Morgan fingerprint density at radius 2 is 2.10 bits per heavy atom. The van der Waals surface area contributed by atoms with Crippen molar-refractivity contribution in [3.63, 3.8) is 0 Å². The second kappa shape index (κ2) is 9.31. The molecule has 0 radical (unpaired) electrons. The molecule has 1 aromatic heterocycles. The number of hydrogen-bond donors (Lipinski definition) is 2. The molecule has 0 unspecified atom stereocenters. The molecule has 1 aromatic rings. The zero-order chi connectivity index (χ0) is 15.7. The van der Waals surface area contributed by atoms with Gasteiger partial charge < -0.3 is 15.3 Å². The summed E-state index contributed by atoms with van der Waals surface area (Å²) in [6.07, 6.45) is 3.48. The van der Waals surface area contributed by atoms with Crippen molar-refractivity contribution >= 4 is 29.3 Å². The quantitative estimate of drug-likeness (QED) is 0.542. The van der Waals surface area contributed by atoms with Gasteiger partial charge in [-0.25, -0.2) is 4.79 Å². The molecule has 0 bridgehead atoms. The molecule has 1 rings (SSSR count). The number of hydrogen-bond acceptors (Lipinski definition) is 4. The van der Waals surface area contributed by atoms with Crippen molar-refractivity contribution in [2.45, 2.75) is 20.3 Å². The lowest BCUT2D eigenvalue weighted by Crippen LogP contribution is -2.29. The van der Waals surface area contributed by atoms with Crippen LogP contribution in [0.1, 0.15) is 35.5 Å². The standard InChI is InChI=1S/C15H22N2O3S/c1-3-17(4-2)9-5-8-16-15(20)12-10-13(21-11-12)6-7-14(18)19/h6-7,10-11H,3-5,8-9H2,1-2H3,(H,16,20)(H,18,19). The Morgan fingerprint density at radius 3 is 2.71 bits per heavy atom. The van der Waals surface area contributed by atoms with Crippen molar-refractivity contribution < 1.29 is 14.7 Å². The molecule has 0 aromatic carbocycles. The summed E-state index contributed by atoms with van der Waals surface area (Å²) in [6, 6.07) is 1.70. The highest BCUT2D eigenvalue weighted by Gasteiger charge is 2.07. The van der Waals surface area contributed by atoms with Crippen LogP contribution in [0.3, 0.4) is 0 Å². The van der Waals surface area contributed by atoms with Crippen LogP contribution in [0.25, 0.3) is 6.08 Å². The topological polar surface area (TPSA) is 69.6 Å². The molecule has 0 aliphatic heterocycles. The van der Waals surface area contributed by atoms with Gasteiger partial charge in [0.05, 0.1) is 5.56 Å². The van der Waals surface area contributed by atoms with Crippen LogP contribution in [0, 0.1) is 0 Å². The number of carbonyl (C=O) groups excluding carboxylic acids is 1. The van der Waals surface area contributed by atoms with Gasteiger partial charge in [0.15, 0.2) is 0 Å². The highest BCUT2D eigenvalue weighted by atomic mass is 32.1. The third-order valence-electron chi connectivity index (χ3n) is 3.10. The first-order valence-corrected chi connectivity index (χ1v) is 7.94. The van der Waals surface area contributed by atoms with E-state index in [4.69, 9.17) is 5.11 Å². The lowest BCUT2D eigenvalue weighted by Gasteiger charge is -2.17. The molecular formula is C15H22N2O3S. The van der Waals surface area contributed by atoms with Crippen molar-refractivity contribution in [1.82, 2.24) is 10.2 Å². The summed E-state index contributed by atoms with van der Waals surface area (Å²) in [4.78, 5) is 25.4. The van der Waals surface area contributed by atoms with Gasteiger partial charge in [0.25, 0.3) is 5.91 Å². The van der Waals surface area contributed by atoms with Gasteiger partial charge >= 0.3 is 5.97 Å². The van der Waals surface area contributed by atoms with Crippen LogP contribution in [0.5, 0.6) is 0 Å². The summed E-state index contributed by atoms with van der Waals surface area (Å²) < 4.78 is 0. The average Bonchev–Trinajstić information content (AvgIpc) is 2.94. The van der Waals surface area contributed by atoms with Gasteiger partial charge in [-0.05, 0) is 38.2 Å². The molecule has 0 spiro atoms. The molecular weight excluding hydrogens is 288 g/mol. The monoisotopic (exact) mass is 310 g/mol. The lowest BCUT2D eigenvalue weighted by atomic mass is 10.2. The fraction of sp³-hybridized carbons (Fsp3) is 0.467. The van der Waals surface area contributed by atoms with E-state index in [2.05, 4.69) is 24.1 Å². The maximum absolute atomic E-state index is 11.9. The summed E-state index contributed by atoms with van der Waals surface area (Å²) in [5, 5.41) is 13.2. The van der Waals surface area contributed by atoms with Crippen LogP contribution in [-0.4, -0.2) is 48.1 Å². The number of carboxylic acids is 1. The molecule has 116 valence electrons. The molecule has 5 nitrogen and oxygen atoms in total. The molecule has 0 saturated carbocycles. The normalized spacial score (nSPS) is 11.2. The van der Waals surface area contributed by atoms with E-state index in [1.165, 1.54) is 17.4 Å². The van der Waals surface area contributed by atoms with E-state index in [0.717, 1.165) is 37.0 Å². The maximum Gasteiger partial charge on any atom is 0.328 e. The number of nitrogens with zero attached hydrogens (tertiary/aromatic N) is 1. The number of thiophene rings is 1. The van der Waals surface area contributed by atoms with E-state index < -0.39 is 5.97 Å². The molecule has 1 heterocycles. The first-order valence-electron chi connectivity index (χ1n) is 7.06. The largest absolute Gasteiger partial charge is 0.478 e. The third kappa shape index (κ3) is 6.55. The van der Waals surface area contributed by atoms with Crippen LogP contribution in [0.15, 0.2) is 17.5 Å². The van der Waals surface area contributed by atoms with E-state index in [9.17, 15) is 9.59 Å². The Labute approximate surface area is 129 Å². The molecule has 0 atom stereocenters. The number of carbonyl (C=O) groups is 2. The Bertz CT molecular complexity index is 493. The maximum atomic E-state index is 11.9. The lowest BCUT2D eigenvalue weighted by molar-refractivity contribution is -0.131. The molecule has 2 N–H and O–H groups in total. The first kappa shape index (κ1) is 17.4. The van der Waals surface area contributed by atoms with Gasteiger partial charge in [-0.15, -0.1) is 11.3 Å². The predicted octanol–water partition coefficient (Wildman–Crippen LogP) is 2.31. The summed E-state index contributed by atoms with van der Waals surface area (Å²) >= 11 is 1.35. The van der Waals surface area contributed by atoms with Crippen LogP contribution in [0.4, 0.5) is 0 Å². The van der Waals surface area contributed by atoms with Gasteiger partial charge in [0.2, 0.25) is 0 Å². The minimum Gasteiger partial charge on any atom is -0.478 e. The fourth-order valence-electron chi connectivity index (χ4n) is 1.86. The SMILES string of the molecule is CCN(CC)CCCNC(=O)c1csc(C=CC(=O)O)c1. The fourth-order valence-corrected chi connectivity index (χ4v) is 2.64. The van der Waals surface area contributed by atoms with Crippen molar-refractivity contribution in [3.05, 3.63) is 28.0 Å². The van der Waals surface area contributed by atoms with Crippen molar-refractivity contribution in [2.24, 2.45) is 0 Å². The summed E-state index contributed by atoms with van der Waals surface area (Å²) in [5.74, 6) is -1.11. The highest BCUT2D eigenvalue weighted by Crippen LogP contribution is 2.16. The van der Waals surface area contributed by atoms with Crippen LogP contribution < -0.4 is 5.32 Å². The highest BCUT2D eigenvalue weighted by molar-refractivity contribution is 7.11. The smallest absolute Gasteiger partial charge is 0.328 e. The first-order chi connectivity index (χ1) is 10.1. The van der Waals surface area contributed by atoms with Gasteiger partial charge in [-0.2, -0.15) is 0 Å². The summed E-state index contributed by atoms with van der Waals surface area (Å²) in [7, 11) is 0. The van der Waals surface area contributed by atoms with E-state index in [1.807, 2.05) is 0 Å². The van der Waals surface area contributed by atoms with Crippen molar-refractivity contribution in [2.75, 3.05) is 26.2 Å². The molecule has 0 fully saturated rings. The average molecular weight is 310 g/mol. The van der Waals surface area contributed by atoms with Crippen molar-refractivity contribution in [1.29, 1.82) is 0 Å². The number of rotatable bonds is 9. The van der Waals surface area contributed by atoms with Gasteiger partial charge in [-0.3, -0.25) is 4.79 Å². The van der Waals surface area contributed by atoms with Crippen molar-refractivity contribution in [3.8, 4) is 0 Å². The van der Waals surface area contributed by atoms with E-state index in [0.29, 0.717) is 12.1 Å². The van der Waals surface area contributed by atoms with Gasteiger partial charge in [-0.1, -0.05) is 13.8 Å². The summed E-state index contributed by atoms with van der Waals surface area (Å²) in [5.41, 5.74) is 0.577. The number of nitrogens with one attached hydrogen (secondary N) is 1. The predicted molar refractivity (Wildman–Crippen MR) is 85.7 cm³/mol. The Kier molecular flexibility index (Phi) is 7.71. The van der Waals surface area contributed by atoms with Crippen LogP contribution >= 0.6 is 11.3 Å². The Balaban J connectivity index is 2.37. The summed E-state index contributed by atoms with van der Waals surface area (Å²) in [6.45, 7) is 7.91. The molecule has 0 saturated heterocycles. The molecule has 1 amide bonds. The van der Waals surface area contributed by atoms with E-state index >= 15 is 0 Å². The number of amides is 1. The third-order valence-corrected chi connectivity index (χ3v) is 4.00. The second-order valence-electron chi connectivity index (χ2n) is 4.55. The molecule has 6 heteroatoms. The zero-order valence-electron chi connectivity index (χ0n) is 12.5.